The molecule has 0 aromatic carbocycles. The van der Waals surface area contributed by atoms with Crippen molar-refractivity contribution in [1.82, 2.24) is 0 Å². The van der Waals surface area contributed by atoms with Crippen LogP contribution < -0.4 is 0 Å². The van der Waals surface area contributed by atoms with Gasteiger partial charge in [0.1, 0.15) is 0 Å². The molecule has 0 saturated heterocycles. The second-order valence-corrected chi connectivity index (χ2v) is 5.34. The zero-order valence-electron chi connectivity index (χ0n) is 12.0. The predicted molar refractivity (Wildman–Crippen MR) is 74.0 cm³/mol. The van der Waals surface area contributed by atoms with E-state index in [9.17, 15) is 10.2 Å². The van der Waals surface area contributed by atoms with Crippen LogP contribution in [-0.2, 0) is 0 Å². The summed E-state index contributed by atoms with van der Waals surface area (Å²) in [5.41, 5.74) is 0. The molecule has 0 spiro atoms. The van der Waals surface area contributed by atoms with Gasteiger partial charge in [-0.05, 0) is 31.6 Å². The monoisotopic (exact) mass is 244 g/mol. The first-order valence-corrected chi connectivity index (χ1v) is 7.46. The molecular weight excluding hydrogens is 212 g/mol. The van der Waals surface area contributed by atoms with Crippen LogP contribution in [0.15, 0.2) is 0 Å². The first kappa shape index (κ1) is 16.9. The molecule has 0 rings (SSSR count). The minimum Gasteiger partial charge on any atom is -0.396 e. The third-order valence-corrected chi connectivity index (χ3v) is 3.78. The topological polar surface area (TPSA) is 40.5 Å². The van der Waals surface area contributed by atoms with E-state index < -0.39 is 0 Å². The third kappa shape index (κ3) is 7.77. The van der Waals surface area contributed by atoms with Crippen LogP contribution in [0.5, 0.6) is 0 Å². The lowest BCUT2D eigenvalue weighted by Gasteiger charge is -2.28. The summed E-state index contributed by atoms with van der Waals surface area (Å²) in [6.07, 6.45) is 9.09. The fourth-order valence-corrected chi connectivity index (χ4v) is 2.60. The minimum atomic E-state index is -0.286. The summed E-state index contributed by atoms with van der Waals surface area (Å²) >= 11 is 0. The summed E-state index contributed by atoms with van der Waals surface area (Å²) in [6.45, 7) is 6.49. The van der Waals surface area contributed by atoms with Gasteiger partial charge in [-0.1, -0.05) is 52.4 Å². The van der Waals surface area contributed by atoms with Gasteiger partial charge in [-0.2, -0.15) is 0 Å². The molecule has 0 amide bonds. The van der Waals surface area contributed by atoms with Crippen LogP contribution in [0.3, 0.4) is 0 Å². The van der Waals surface area contributed by atoms with Crippen molar-refractivity contribution in [3.63, 3.8) is 0 Å². The number of aliphatic hydroxyl groups excluding tert-OH is 2. The zero-order chi connectivity index (χ0) is 13.1. The van der Waals surface area contributed by atoms with E-state index in [0.717, 1.165) is 12.8 Å². The lowest BCUT2D eigenvalue weighted by atomic mass is 9.81. The molecule has 0 fully saturated rings. The molecule has 3 unspecified atom stereocenters. The molecule has 2 heteroatoms. The van der Waals surface area contributed by atoms with Crippen molar-refractivity contribution in [3.8, 4) is 0 Å². The van der Waals surface area contributed by atoms with Crippen molar-refractivity contribution >= 4 is 0 Å². The van der Waals surface area contributed by atoms with Crippen molar-refractivity contribution in [3.05, 3.63) is 0 Å². The largest absolute Gasteiger partial charge is 0.396 e. The summed E-state index contributed by atoms with van der Waals surface area (Å²) < 4.78 is 0. The molecular formula is C15H32O2. The zero-order valence-corrected chi connectivity index (χ0v) is 12.0. The van der Waals surface area contributed by atoms with Crippen LogP contribution >= 0.6 is 0 Å². The predicted octanol–water partition coefficient (Wildman–Crippen LogP) is 3.75. The maximum Gasteiger partial charge on any atom is 0.0543 e. The Morgan fingerprint density at radius 2 is 1.41 bits per heavy atom. The van der Waals surface area contributed by atoms with E-state index in [1.54, 1.807) is 0 Å². The highest BCUT2D eigenvalue weighted by atomic mass is 16.3. The summed E-state index contributed by atoms with van der Waals surface area (Å²) in [6, 6.07) is 0. The van der Waals surface area contributed by atoms with Gasteiger partial charge in [-0.25, -0.2) is 0 Å². The van der Waals surface area contributed by atoms with E-state index in [0.29, 0.717) is 5.92 Å². The van der Waals surface area contributed by atoms with Crippen molar-refractivity contribution < 1.29 is 10.2 Å². The Bertz CT molecular complexity index is 157. The Hall–Kier alpha value is -0.0800. The Labute approximate surface area is 107 Å². The highest BCUT2D eigenvalue weighted by molar-refractivity contribution is 4.74. The molecule has 0 aromatic rings. The van der Waals surface area contributed by atoms with E-state index >= 15 is 0 Å². The number of aliphatic hydroxyl groups is 2. The second kappa shape index (κ2) is 11.0. The normalized spacial score (nSPS) is 16.8. The molecule has 0 aliphatic heterocycles. The van der Waals surface area contributed by atoms with Crippen molar-refractivity contribution in [2.45, 2.75) is 78.2 Å². The van der Waals surface area contributed by atoms with E-state index in [1.165, 1.54) is 38.5 Å². The Kier molecular flexibility index (Phi) is 11.0. The summed E-state index contributed by atoms with van der Waals surface area (Å²) in [7, 11) is 0. The van der Waals surface area contributed by atoms with Crippen molar-refractivity contribution in [1.29, 1.82) is 0 Å². The van der Waals surface area contributed by atoms with Gasteiger partial charge in [-0.3, -0.25) is 0 Å². The average molecular weight is 244 g/mol. The molecule has 0 bridgehead atoms. The smallest absolute Gasteiger partial charge is 0.0543 e. The van der Waals surface area contributed by atoms with Gasteiger partial charge in [0.2, 0.25) is 0 Å². The van der Waals surface area contributed by atoms with Crippen LogP contribution in [0.2, 0.25) is 0 Å². The fraction of sp³-hybridized carbons (Fsp3) is 1.00. The fourth-order valence-electron chi connectivity index (χ4n) is 2.60. The van der Waals surface area contributed by atoms with Gasteiger partial charge in [0.15, 0.2) is 0 Å². The summed E-state index contributed by atoms with van der Waals surface area (Å²) in [4.78, 5) is 0. The summed E-state index contributed by atoms with van der Waals surface area (Å²) in [5.74, 6) is 0.571. The molecule has 2 nitrogen and oxygen atoms in total. The quantitative estimate of drug-likeness (QED) is 0.543. The first-order valence-electron chi connectivity index (χ1n) is 7.46. The Balaban J connectivity index is 4.11. The molecule has 3 atom stereocenters. The van der Waals surface area contributed by atoms with E-state index in [4.69, 9.17) is 0 Å². The van der Waals surface area contributed by atoms with E-state index in [2.05, 4.69) is 13.8 Å². The van der Waals surface area contributed by atoms with Gasteiger partial charge in [0.05, 0.1) is 6.10 Å². The van der Waals surface area contributed by atoms with Crippen LogP contribution in [-0.4, -0.2) is 22.9 Å². The maximum absolute atomic E-state index is 9.86. The molecule has 0 aliphatic carbocycles. The van der Waals surface area contributed by atoms with E-state index in [1.807, 2.05) is 6.92 Å². The maximum atomic E-state index is 9.86. The van der Waals surface area contributed by atoms with Crippen LogP contribution in [0.25, 0.3) is 0 Å². The second-order valence-electron chi connectivity index (χ2n) is 5.34. The highest BCUT2D eigenvalue weighted by Crippen LogP contribution is 2.27. The number of unbranched alkanes of at least 4 members (excludes halogenated alkanes) is 4. The van der Waals surface area contributed by atoms with Crippen molar-refractivity contribution in [2.75, 3.05) is 6.61 Å². The number of rotatable bonds is 11. The summed E-state index contributed by atoms with van der Waals surface area (Å²) in [5, 5.41) is 19.3. The lowest BCUT2D eigenvalue weighted by molar-refractivity contribution is 0.0484. The highest BCUT2D eigenvalue weighted by Gasteiger charge is 2.24. The SMILES string of the molecule is CCCCCC(CO)C(CCCCC)C(C)O. The molecule has 0 radical (unpaired) electrons. The van der Waals surface area contributed by atoms with Gasteiger partial charge < -0.3 is 10.2 Å². The third-order valence-electron chi connectivity index (χ3n) is 3.78. The van der Waals surface area contributed by atoms with E-state index in [-0.39, 0.29) is 18.6 Å². The van der Waals surface area contributed by atoms with Crippen LogP contribution in [0.4, 0.5) is 0 Å². The van der Waals surface area contributed by atoms with Crippen LogP contribution in [0, 0.1) is 11.8 Å². The van der Waals surface area contributed by atoms with Gasteiger partial charge in [0, 0.05) is 6.61 Å². The first-order chi connectivity index (χ1) is 8.17. The van der Waals surface area contributed by atoms with Gasteiger partial charge >= 0.3 is 0 Å². The van der Waals surface area contributed by atoms with Gasteiger partial charge in [-0.15, -0.1) is 0 Å². The number of hydrogen-bond donors (Lipinski definition) is 2. The molecule has 0 heterocycles. The molecule has 2 N–H and O–H groups in total. The molecule has 0 saturated carbocycles. The standard InChI is InChI=1S/C15H32O2/c1-4-6-8-10-14(12-16)15(13(3)17)11-9-7-5-2/h13-17H,4-12H2,1-3H3. The Morgan fingerprint density at radius 1 is 0.882 bits per heavy atom. The lowest BCUT2D eigenvalue weighted by Crippen LogP contribution is -2.28. The minimum absolute atomic E-state index is 0.228. The number of hydrogen-bond acceptors (Lipinski definition) is 2. The molecule has 0 aliphatic rings. The average Bonchev–Trinajstić information content (AvgIpc) is 2.31. The van der Waals surface area contributed by atoms with Crippen molar-refractivity contribution in [2.24, 2.45) is 11.8 Å². The molecule has 104 valence electrons. The Morgan fingerprint density at radius 3 is 1.82 bits per heavy atom. The van der Waals surface area contributed by atoms with Crippen LogP contribution in [0.1, 0.15) is 72.1 Å². The molecule has 0 aromatic heterocycles. The van der Waals surface area contributed by atoms with Gasteiger partial charge in [0.25, 0.3) is 0 Å². The molecule has 17 heavy (non-hydrogen) atoms.